The van der Waals surface area contributed by atoms with Crippen molar-refractivity contribution in [2.75, 3.05) is 11.4 Å². The minimum atomic E-state index is -1.000. The van der Waals surface area contributed by atoms with Crippen LogP contribution in [-0.2, 0) is 4.79 Å². The molecule has 1 amide bonds. The molecule has 3 rings (SSSR count). The molecule has 0 spiro atoms. The van der Waals surface area contributed by atoms with Crippen molar-refractivity contribution in [1.82, 2.24) is 0 Å². The lowest BCUT2D eigenvalue weighted by Gasteiger charge is -2.16. The lowest BCUT2D eigenvalue weighted by molar-refractivity contribution is -0.113. The van der Waals surface area contributed by atoms with Gasteiger partial charge in [-0.3, -0.25) is 14.7 Å². The van der Waals surface area contributed by atoms with Crippen LogP contribution in [0.4, 0.5) is 5.69 Å². The quantitative estimate of drug-likeness (QED) is 0.764. The van der Waals surface area contributed by atoms with Crippen LogP contribution < -0.4 is 4.90 Å². The van der Waals surface area contributed by atoms with Crippen LogP contribution in [0.2, 0.25) is 0 Å². The number of amidine groups is 1. The Bertz CT molecular complexity index is 935. The molecule has 2 N–H and O–H groups in total. The number of para-hydroxylation sites is 2. The van der Waals surface area contributed by atoms with Gasteiger partial charge in [0.25, 0.3) is 5.91 Å². The SMILES string of the molecule is CCCN=C1S/C(=C\c2ccc(C(=O)O)cc2)C(=O)N1c1ccccc1O. The molecule has 0 saturated carbocycles. The third kappa shape index (κ3) is 4.03. The van der Waals surface area contributed by atoms with Crippen LogP contribution in [0.1, 0.15) is 29.3 Å². The Morgan fingerprint density at radius 3 is 2.52 bits per heavy atom. The molecule has 6 nitrogen and oxygen atoms in total. The predicted molar refractivity (Wildman–Crippen MR) is 107 cm³/mol. The maximum atomic E-state index is 13.0. The zero-order valence-electron chi connectivity index (χ0n) is 14.6. The number of aromatic carboxylic acids is 1. The number of carbonyl (C=O) groups excluding carboxylic acids is 1. The summed E-state index contributed by atoms with van der Waals surface area (Å²) in [6.07, 6.45) is 2.53. The lowest BCUT2D eigenvalue weighted by Crippen LogP contribution is -2.29. The molecule has 2 aromatic rings. The first kappa shape index (κ1) is 18.7. The highest BCUT2D eigenvalue weighted by Gasteiger charge is 2.35. The van der Waals surface area contributed by atoms with Gasteiger partial charge in [0.15, 0.2) is 5.17 Å². The summed E-state index contributed by atoms with van der Waals surface area (Å²) in [5, 5.41) is 19.7. The van der Waals surface area contributed by atoms with Crippen molar-refractivity contribution in [3.63, 3.8) is 0 Å². The lowest BCUT2D eigenvalue weighted by atomic mass is 10.1. The Morgan fingerprint density at radius 2 is 1.89 bits per heavy atom. The Labute approximate surface area is 160 Å². The molecule has 0 radical (unpaired) electrons. The van der Waals surface area contributed by atoms with Crippen molar-refractivity contribution in [3.8, 4) is 5.75 Å². The summed E-state index contributed by atoms with van der Waals surface area (Å²) in [5.74, 6) is -1.28. The average molecular weight is 382 g/mol. The van der Waals surface area contributed by atoms with Gasteiger partial charge in [0, 0.05) is 6.54 Å². The number of carboxylic acid groups (broad SMARTS) is 1. The van der Waals surface area contributed by atoms with Gasteiger partial charge in [0.1, 0.15) is 5.75 Å². The van der Waals surface area contributed by atoms with E-state index in [0.717, 1.165) is 6.42 Å². The number of hydrogen-bond acceptors (Lipinski definition) is 5. The average Bonchev–Trinajstić information content (AvgIpc) is 2.96. The molecule has 1 heterocycles. The molecular formula is C20H18N2O4S. The van der Waals surface area contributed by atoms with E-state index in [1.54, 1.807) is 36.4 Å². The van der Waals surface area contributed by atoms with E-state index in [2.05, 4.69) is 4.99 Å². The highest BCUT2D eigenvalue weighted by Crippen LogP contribution is 2.39. The summed E-state index contributed by atoms with van der Waals surface area (Å²) in [6.45, 7) is 2.57. The van der Waals surface area contributed by atoms with E-state index in [1.165, 1.54) is 34.9 Å². The molecule has 1 aliphatic rings. The topological polar surface area (TPSA) is 90.2 Å². The molecule has 7 heteroatoms. The molecule has 2 aromatic carbocycles. The van der Waals surface area contributed by atoms with Gasteiger partial charge in [-0.2, -0.15) is 0 Å². The van der Waals surface area contributed by atoms with E-state index in [0.29, 0.717) is 27.9 Å². The van der Waals surface area contributed by atoms with Gasteiger partial charge in [-0.1, -0.05) is 31.2 Å². The van der Waals surface area contributed by atoms with E-state index in [1.807, 2.05) is 6.92 Å². The van der Waals surface area contributed by atoms with Crippen molar-refractivity contribution >= 4 is 40.6 Å². The highest BCUT2D eigenvalue weighted by atomic mass is 32.2. The zero-order valence-corrected chi connectivity index (χ0v) is 15.4. The van der Waals surface area contributed by atoms with E-state index in [4.69, 9.17) is 5.11 Å². The van der Waals surface area contributed by atoms with Gasteiger partial charge in [-0.25, -0.2) is 4.79 Å². The molecule has 0 unspecified atom stereocenters. The third-order valence-corrected chi connectivity index (χ3v) is 4.86. The van der Waals surface area contributed by atoms with Crippen molar-refractivity contribution in [2.45, 2.75) is 13.3 Å². The summed E-state index contributed by atoms with van der Waals surface area (Å²) in [4.78, 5) is 30.3. The van der Waals surface area contributed by atoms with Crippen LogP contribution >= 0.6 is 11.8 Å². The van der Waals surface area contributed by atoms with Gasteiger partial charge in [-0.05, 0) is 54.1 Å². The molecule has 0 bridgehead atoms. The number of aliphatic imine (C=N–C) groups is 1. The summed E-state index contributed by atoms with van der Waals surface area (Å²) in [6, 6.07) is 12.9. The normalized spacial score (nSPS) is 17.1. The minimum absolute atomic E-state index is 0.00251. The number of thioether (sulfide) groups is 1. The summed E-state index contributed by atoms with van der Waals surface area (Å²) < 4.78 is 0. The Morgan fingerprint density at radius 1 is 1.19 bits per heavy atom. The van der Waals surface area contributed by atoms with Crippen LogP contribution in [0.25, 0.3) is 6.08 Å². The summed E-state index contributed by atoms with van der Waals surface area (Å²) >= 11 is 1.24. The number of carbonyl (C=O) groups is 2. The molecule has 0 atom stereocenters. The van der Waals surface area contributed by atoms with E-state index >= 15 is 0 Å². The van der Waals surface area contributed by atoms with Crippen LogP contribution in [0.3, 0.4) is 0 Å². The van der Waals surface area contributed by atoms with Gasteiger partial charge in [0.2, 0.25) is 0 Å². The fourth-order valence-electron chi connectivity index (χ4n) is 2.53. The maximum absolute atomic E-state index is 13.0. The molecule has 138 valence electrons. The molecule has 0 aliphatic carbocycles. The maximum Gasteiger partial charge on any atom is 0.335 e. The number of aromatic hydroxyl groups is 1. The first-order valence-corrected chi connectivity index (χ1v) is 9.22. The van der Waals surface area contributed by atoms with E-state index in [9.17, 15) is 14.7 Å². The number of carboxylic acids is 1. The van der Waals surface area contributed by atoms with Crippen LogP contribution in [0.5, 0.6) is 5.75 Å². The number of rotatable bonds is 5. The fraction of sp³-hybridized carbons (Fsp3) is 0.150. The number of nitrogens with zero attached hydrogens (tertiary/aromatic N) is 2. The number of anilines is 1. The first-order chi connectivity index (χ1) is 13.0. The van der Waals surface area contributed by atoms with Gasteiger partial charge < -0.3 is 10.2 Å². The van der Waals surface area contributed by atoms with Crippen LogP contribution in [-0.4, -0.2) is 33.8 Å². The third-order valence-electron chi connectivity index (χ3n) is 3.86. The molecule has 1 saturated heterocycles. The van der Waals surface area contributed by atoms with Gasteiger partial charge >= 0.3 is 5.97 Å². The second-order valence-corrected chi connectivity index (χ2v) is 6.84. The van der Waals surface area contributed by atoms with Crippen molar-refractivity contribution in [2.24, 2.45) is 4.99 Å². The number of phenolic OH excluding ortho intramolecular Hbond substituents is 1. The molecule has 27 heavy (non-hydrogen) atoms. The molecule has 1 aliphatic heterocycles. The van der Waals surface area contributed by atoms with Crippen molar-refractivity contribution in [1.29, 1.82) is 0 Å². The first-order valence-electron chi connectivity index (χ1n) is 8.41. The predicted octanol–water partition coefficient (Wildman–Crippen LogP) is 3.98. The smallest absolute Gasteiger partial charge is 0.335 e. The Hall–Kier alpha value is -3.06. The number of amides is 1. The van der Waals surface area contributed by atoms with Crippen LogP contribution in [0.15, 0.2) is 58.4 Å². The van der Waals surface area contributed by atoms with Gasteiger partial charge in [0.05, 0.1) is 16.2 Å². The largest absolute Gasteiger partial charge is 0.506 e. The second kappa shape index (κ2) is 8.09. The Balaban J connectivity index is 1.97. The van der Waals surface area contributed by atoms with Crippen molar-refractivity contribution < 1.29 is 19.8 Å². The highest BCUT2D eigenvalue weighted by molar-refractivity contribution is 8.19. The van der Waals surface area contributed by atoms with E-state index < -0.39 is 5.97 Å². The summed E-state index contributed by atoms with van der Waals surface area (Å²) in [7, 11) is 0. The van der Waals surface area contributed by atoms with Crippen molar-refractivity contribution in [3.05, 3.63) is 64.6 Å². The zero-order chi connectivity index (χ0) is 19.4. The molecular weight excluding hydrogens is 364 g/mol. The van der Waals surface area contributed by atoms with E-state index in [-0.39, 0.29) is 17.2 Å². The number of benzene rings is 2. The number of phenols is 1. The molecule has 1 fully saturated rings. The molecule has 0 aromatic heterocycles. The monoisotopic (exact) mass is 382 g/mol. The second-order valence-electron chi connectivity index (χ2n) is 5.83. The number of hydrogen-bond donors (Lipinski definition) is 2. The van der Waals surface area contributed by atoms with Gasteiger partial charge in [-0.15, -0.1) is 0 Å². The Kier molecular flexibility index (Phi) is 5.61. The summed E-state index contributed by atoms with van der Waals surface area (Å²) in [5.41, 5.74) is 1.28. The van der Waals surface area contributed by atoms with Crippen LogP contribution in [0, 0.1) is 0 Å². The fourth-order valence-corrected chi connectivity index (χ4v) is 3.52. The standard InChI is InChI=1S/C20H18N2O4S/c1-2-11-21-20-22(15-5-3-4-6-16(15)23)18(24)17(27-20)12-13-7-9-14(10-8-13)19(25)26/h3-10,12,23H,2,11H2,1H3,(H,25,26)/b17-12-,21-20?. The minimum Gasteiger partial charge on any atom is -0.506 e.